The van der Waals surface area contributed by atoms with E-state index in [0.717, 1.165) is 33.3 Å². The summed E-state index contributed by atoms with van der Waals surface area (Å²) in [5.41, 5.74) is 5.32. The molecule has 0 fully saturated rings. The number of hydrogen-bond donors (Lipinski definition) is 0. The predicted molar refractivity (Wildman–Crippen MR) is 105 cm³/mol. The van der Waals surface area contributed by atoms with E-state index in [1.165, 1.54) is 5.56 Å². The summed E-state index contributed by atoms with van der Waals surface area (Å²) in [4.78, 5) is 12.8. The van der Waals surface area contributed by atoms with Crippen LogP contribution < -0.4 is 28.9 Å². The Morgan fingerprint density at radius 1 is 0.962 bits per heavy atom. The molecule has 0 atom stereocenters. The summed E-state index contributed by atoms with van der Waals surface area (Å²) in [5, 5.41) is 1.02. The summed E-state index contributed by atoms with van der Waals surface area (Å²) in [7, 11) is 0.701. The van der Waals surface area contributed by atoms with Crippen molar-refractivity contribution in [2.45, 2.75) is 34.6 Å². The molecule has 0 heterocycles. The van der Waals surface area contributed by atoms with Crippen LogP contribution in [0.25, 0.3) is 0 Å². The van der Waals surface area contributed by atoms with Crippen molar-refractivity contribution in [1.29, 1.82) is 0 Å². The number of benzene rings is 2. The van der Waals surface area contributed by atoms with E-state index in [1.807, 2.05) is 45.9 Å². The van der Waals surface area contributed by atoms with Gasteiger partial charge in [0, 0.05) is 12.1 Å². The molecule has 0 aliphatic carbocycles. The first-order chi connectivity index (χ1) is 11.9. The SMILES string of the molecule is CCOCCOc1ccc([P-]C(=O)c2c(C)cc(C)cc2C)c(C)c1.[Li+]. The van der Waals surface area contributed by atoms with Crippen molar-refractivity contribution in [3.63, 3.8) is 0 Å². The maximum absolute atomic E-state index is 12.8. The third-order valence-corrected chi connectivity index (χ3v) is 5.15. The third kappa shape index (κ3) is 6.25. The van der Waals surface area contributed by atoms with Gasteiger partial charge in [-0.05, 0) is 63.4 Å². The number of carbonyl (C=O) groups is 1. The van der Waals surface area contributed by atoms with Crippen molar-refractivity contribution >= 4 is 19.4 Å². The van der Waals surface area contributed by atoms with Gasteiger partial charge in [0.2, 0.25) is 0 Å². The van der Waals surface area contributed by atoms with Crippen molar-refractivity contribution in [3.8, 4) is 5.75 Å². The summed E-state index contributed by atoms with van der Waals surface area (Å²) in [6, 6.07) is 10.0. The molecule has 5 heteroatoms. The molecule has 0 saturated heterocycles. The molecule has 0 spiro atoms. The molecule has 2 rings (SSSR count). The van der Waals surface area contributed by atoms with Crippen molar-refractivity contribution in [2.24, 2.45) is 0 Å². The van der Waals surface area contributed by atoms with Gasteiger partial charge in [-0.3, -0.25) is 0 Å². The Bertz CT molecular complexity index is 736. The Hall–Kier alpha value is -1.10. The average molecular weight is 364 g/mol. The molecule has 2 aromatic rings. The van der Waals surface area contributed by atoms with Crippen LogP contribution in [-0.2, 0) is 4.74 Å². The second kappa shape index (κ2) is 10.9. The summed E-state index contributed by atoms with van der Waals surface area (Å²) >= 11 is 0. The van der Waals surface area contributed by atoms with Gasteiger partial charge < -0.3 is 22.8 Å². The molecule has 0 radical (unpaired) electrons. The first kappa shape index (κ1) is 22.9. The van der Waals surface area contributed by atoms with Crippen LogP contribution in [0.2, 0.25) is 0 Å². The van der Waals surface area contributed by atoms with Crippen molar-refractivity contribution in [3.05, 3.63) is 58.1 Å². The second-order valence-electron chi connectivity index (χ2n) is 6.18. The quantitative estimate of drug-likeness (QED) is 0.407. The summed E-state index contributed by atoms with van der Waals surface area (Å²) in [5.74, 6) is 0.811. The second-order valence-corrected chi connectivity index (χ2v) is 7.30. The molecule has 0 aromatic heterocycles. The van der Waals surface area contributed by atoms with Crippen LogP contribution in [0.4, 0.5) is 0 Å². The molecule has 0 saturated carbocycles. The van der Waals surface area contributed by atoms with Crippen LogP contribution in [0.5, 0.6) is 5.75 Å². The van der Waals surface area contributed by atoms with E-state index in [2.05, 4.69) is 19.1 Å². The van der Waals surface area contributed by atoms with E-state index in [0.29, 0.717) is 28.4 Å². The smallest absolute Gasteiger partial charge is 0.491 e. The van der Waals surface area contributed by atoms with Gasteiger partial charge in [-0.2, -0.15) is 5.30 Å². The van der Waals surface area contributed by atoms with Crippen LogP contribution in [-0.4, -0.2) is 25.3 Å². The maximum atomic E-state index is 12.8. The van der Waals surface area contributed by atoms with Gasteiger partial charge in [0.05, 0.1) is 6.61 Å². The minimum Gasteiger partial charge on any atom is -0.491 e. The maximum Gasteiger partial charge on any atom is 1.00 e. The molecule has 0 aliphatic heterocycles. The van der Waals surface area contributed by atoms with Gasteiger partial charge >= 0.3 is 18.9 Å². The molecule has 26 heavy (non-hydrogen) atoms. The normalized spacial score (nSPS) is 10.8. The predicted octanol–water partition coefficient (Wildman–Crippen LogP) is 1.75. The molecule has 0 aliphatic rings. The standard InChI is InChI=1S/C21H26O3P.Li/c1-6-23-9-10-24-18-7-8-19(15(3)13-18)25-21(22)20-16(4)11-14(2)12-17(20)5;/h7-8,11-13H,6,9-10H2,1-5H3;/q-1;+1. The topological polar surface area (TPSA) is 35.5 Å². The average Bonchev–Trinajstić information content (AvgIpc) is 2.53. The third-order valence-electron chi connectivity index (χ3n) is 3.98. The Balaban J connectivity index is 0.00000338. The molecule has 3 nitrogen and oxygen atoms in total. The molecule has 0 amide bonds. The van der Waals surface area contributed by atoms with E-state index < -0.39 is 0 Å². The fourth-order valence-electron chi connectivity index (χ4n) is 2.89. The van der Waals surface area contributed by atoms with Gasteiger partial charge in [-0.25, -0.2) is 0 Å². The Kier molecular flexibility index (Phi) is 9.62. The van der Waals surface area contributed by atoms with Crippen molar-refractivity contribution in [1.82, 2.24) is 0 Å². The largest absolute Gasteiger partial charge is 1.00 e. The Morgan fingerprint density at radius 2 is 1.62 bits per heavy atom. The number of rotatable bonds is 8. The van der Waals surface area contributed by atoms with E-state index >= 15 is 0 Å². The fraction of sp³-hybridized carbons (Fsp3) is 0.381. The molecule has 0 unspecified atom stereocenters. The van der Waals surface area contributed by atoms with Gasteiger partial charge in [-0.1, -0.05) is 29.3 Å². The summed E-state index contributed by atoms with van der Waals surface area (Å²) in [6.07, 6.45) is 0. The molecular formula is C21H26LiO3P. The van der Waals surface area contributed by atoms with Gasteiger partial charge in [-0.15, -0.1) is 0 Å². The Morgan fingerprint density at radius 3 is 2.19 bits per heavy atom. The Labute approximate surface area is 170 Å². The minimum absolute atomic E-state index is 0. The molecule has 2 aromatic carbocycles. The molecule has 0 bridgehead atoms. The fourth-order valence-corrected chi connectivity index (χ4v) is 3.96. The van der Waals surface area contributed by atoms with Crippen LogP contribution in [0, 0.1) is 27.7 Å². The first-order valence-electron chi connectivity index (χ1n) is 8.57. The zero-order valence-corrected chi connectivity index (χ0v) is 17.6. The first-order valence-corrected chi connectivity index (χ1v) is 9.47. The zero-order valence-electron chi connectivity index (χ0n) is 16.7. The van der Waals surface area contributed by atoms with Crippen LogP contribution in [0.1, 0.15) is 39.5 Å². The summed E-state index contributed by atoms with van der Waals surface area (Å²) in [6.45, 7) is 11.9. The van der Waals surface area contributed by atoms with Crippen LogP contribution >= 0.6 is 8.58 Å². The molecule has 0 N–H and O–H groups in total. The molecular weight excluding hydrogens is 338 g/mol. The monoisotopic (exact) mass is 364 g/mol. The number of carbonyl (C=O) groups excluding carboxylic acids is 1. The number of aryl methyl sites for hydroxylation is 4. The van der Waals surface area contributed by atoms with E-state index in [1.54, 1.807) is 0 Å². The van der Waals surface area contributed by atoms with Gasteiger partial charge in [0.25, 0.3) is 0 Å². The van der Waals surface area contributed by atoms with E-state index in [4.69, 9.17) is 9.47 Å². The van der Waals surface area contributed by atoms with Gasteiger partial charge in [0.15, 0.2) is 0 Å². The van der Waals surface area contributed by atoms with Crippen LogP contribution in [0.15, 0.2) is 30.3 Å². The molecule has 134 valence electrons. The summed E-state index contributed by atoms with van der Waals surface area (Å²) < 4.78 is 10.9. The minimum atomic E-state index is 0. The van der Waals surface area contributed by atoms with Crippen molar-refractivity contribution < 1.29 is 33.1 Å². The van der Waals surface area contributed by atoms with Crippen molar-refractivity contribution in [2.75, 3.05) is 19.8 Å². The zero-order chi connectivity index (χ0) is 18.4. The number of hydrogen-bond acceptors (Lipinski definition) is 3. The number of ether oxygens (including phenoxy) is 2. The van der Waals surface area contributed by atoms with E-state index in [-0.39, 0.29) is 24.4 Å². The van der Waals surface area contributed by atoms with Gasteiger partial charge in [0.1, 0.15) is 12.4 Å². The van der Waals surface area contributed by atoms with Crippen LogP contribution in [0.3, 0.4) is 0 Å². The van der Waals surface area contributed by atoms with E-state index in [9.17, 15) is 4.79 Å².